The average molecular weight is 328 g/mol. The van der Waals surface area contributed by atoms with Crippen LogP contribution in [0.25, 0.3) is 11.0 Å². The Morgan fingerprint density at radius 3 is 2.70 bits per heavy atom. The number of para-hydroxylation sites is 1. The lowest BCUT2D eigenvalue weighted by molar-refractivity contribution is 0.0754. The maximum absolute atomic E-state index is 12.5. The largest absolute Gasteiger partial charge is 0.451 e. The molecule has 0 aliphatic rings. The minimum Gasteiger partial charge on any atom is -0.451 e. The quantitative estimate of drug-likeness (QED) is 0.736. The zero-order chi connectivity index (χ0) is 16.4. The van der Waals surface area contributed by atoms with Crippen molar-refractivity contribution in [1.29, 1.82) is 0 Å². The van der Waals surface area contributed by atoms with Crippen molar-refractivity contribution in [2.24, 2.45) is 0 Å². The van der Waals surface area contributed by atoms with E-state index in [1.54, 1.807) is 43.4 Å². The summed E-state index contributed by atoms with van der Waals surface area (Å²) in [5.74, 6) is -0.328. The van der Waals surface area contributed by atoms with Gasteiger partial charge in [0.15, 0.2) is 11.2 Å². The second-order valence-electron chi connectivity index (χ2n) is 5.26. The summed E-state index contributed by atoms with van der Waals surface area (Å²) < 4.78 is 5.57. The van der Waals surface area contributed by atoms with E-state index in [-0.39, 0.29) is 17.1 Å². The van der Waals surface area contributed by atoms with Crippen LogP contribution in [0.15, 0.2) is 63.8 Å². The topological polar surface area (TPSA) is 50.5 Å². The van der Waals surface area contributed by atoms with Crippen molar-refractivity contribution in [3.8, 4) is 0 Å². The molecule has 1 amide bonds. The summed E-state index contributed by atoms with van der Waals surface area (Å²) in [5.41, 5.74) is 1.07. The van der Waals surface area contributed by atoms with Crippen molar-refractivity contribution in [3.63, 3.8) is 0 Å². The molecule has 3 rings (SSSR count). The molecule has 4 nitrogen and oxygen atoms in total. The van der Waals surface area contributed by atoms with E-state index in [9.17, 15) is 9.59 Å². The first-order chi connectivity index (χ1) is 11.0. The lowest BCUT2D eigenvalue weighted by Crippen LogP contribution is -2.27. The van der Waals surface area contributed by atoms with E-state index in [0.717, 1.165) is 5.56 Å². The molecule has 2 aromatic carbocycles. The molecular weight excluding hydrogens is 314 g/mol. The lowest BCUT2D eigenvalue weighted by Gasteiger charge is -2.16. The van der Waals surface area contributed by atoms with E-state index in [1.165, 1.54) is 11.0 Å². The molecule has 0 bridgehead atoms. The van der Waals surface area contributed by atoms with E-state index in [0.29, 0.717) is 22.5 Å². The molecule has 0 fully saturated rings. The molecule has 0 spiro atoms. The number of nitrogens with zero attached hydrogens (tertiary/aromatic N) is 1. The smallest absolute Gasteiger partial charge is 0.289 e. The highest BCUT2D eigenvalue weighted by atomic mass is 35.5. The maximum Gasteiger partial charge on any atom is 0.289 e. The summed E-state index contributed by atoms with van der Waals surface area (Å²) in [4.78, 5) is 26.1. The fourth-order valence-electron chi connectivity index (χ4n) is 2.38. The molecule has 1 aromatic heterocycles. The van der Waals surface area contributed by atoms with Crippen LogP contribution in [-0.4, -0.2) is 17.9 Å². The molecule has 0 saturated carbocycles. The van der Waals surface area contributed by atoms with Crippen molar-refractivity contribution in [1.82, 2.24) is 4.90 Å². The predicted octanol–water partition coefficient (Wildman–Crippen LogP) is 3.72. The van der Waals surface area contributed by atoms with Crippen LogP contribution in [-0.2, 0) is 6.54 Å². The van der Waals surface area contributed by atoms with Crippen LogP contribution in [0.3, 0.4) is 0 Å². The van der Waals surface area contributed by atoms with Crippen molar-refractivity contribution in [2.45, 2.75) is 6.54 Å². The molecule has 0 aliphatic heterocycles. The Labute approximate surface area is 137 Å². The molecule has 0 atom stereocenters. The molecule has 0 unspecified atom stereocenters. The lowest BCUT2D eigenvalue weighted by atomic mass is 10.2. The van der Waals surface area contributed by atoms with Crippen LogP contribution in [0.1, 0.15) is 16.1 Å². The van der Waals surface area contributed by atoms with Gasteiger partial charge in [-0.2, -0.15) is 0 Å². The predicted molar refractivity (Wildman–Crippen MR) is 89.7 cm³/mol. The second kappa shape index (κ2) is 6.26. The molecule has 23 heavy (non-hydrogen) atoms. The Morgan fingerprint density at radius 1 is 1.13 bits per heavy atom. The van der Waals surface area contributed by atoms with Gasteiger partial charge in [-0.1, -0.05) is 35.9 Å². The summed E-state index contributed by atoms with van der Waals surface area (Å²) >= 11 is 5.95. The van der Waals surface area contributed by atoms with Gasteiger partial charge in [0.2, 0.25) is 0 Å². The van der Waals surface area contributed by atoms with E-state index in [1.807, 2.05) is 12.1 Å². The van der Waals surface area contributed by atoms with Gasteiger partial charge in [-0.3, -0.25) is 9.59 Å². The first-order valence-corrected chi connectivity index (χ1v) is 7.45. The number of fused-ring (bicyclic) bond motifs is 1. The van der Waals surface area contributed by atoms with Crippen LogP contribution < -0.4 is 5.43 Å². The van der Waals surface area contributed by atoms with Crippen LogP contribution in [0.4, 0.5) is 0 Å². The van der Waals surface area contributed by atoms with Gasteiger partial charge in [0, 0.05) is 24.7 Å². The molecular formula is C18H14ClNO3. The Balaban J connectivity index is 1.89. The van der Waals surface area contributed by atoms with Crippen molar-refractivity contribution in [2.75, 3.05) is 7.05 Å². The zero-order valence-corrected chi connectivity index (χ0v) is 13.2. The normalized spacial score (nSPS) is 10.7. The molecule has 116 valence electrons. The van der Waals surface area contributed by atoms with Gasteiger partial charge in [-0.25, -0.2) is 0 Å². The third kappa shape index (κ3) is 3.27. The molecule has 3 aromatic rings. The SMILES string of the molecule is CN(Cc1cccc(Cl)c1)C(=O)c1cc(=O)c2ccccc2o1. The number of amides is 1. The molecule has 0 N–H and O–H groups in total. The van der Waals surface area contributed by atoms with Crippen molar-refractivity contribution >= 4 is 28.5 Å². The third-order valence-corrected chi connectivity index (χ3v) is 3.74. The molecule has 1 heterocycles. The van der Waals surface area contributed by atoms with Gasteiger partial charge in [0.1, 0.15) is 5.58 Å². The van der Waals surface area contributed by atoms with E-state index < -0.39 is 0 Å². The van der Waals surface area contributed by atoms with Gasteiger partial charge < -0.3 is 9.32 Å². The number of hydrogen-bond donors (Lipinski definition) is 0. The highest BCUT2D eigenvalue weighted by Crippen LogP contribution is 2.15. The standard InChI is InChI=1S/C18H14ClNO3/c1-20(11-12-5-4-6-13(19)9-12)18(22)17-10-15(21)14-7-2-3-8-16(14)23-17/h2-10H,11H2,1H3. The number of carbonyl (C=O) groups is 1. The van der Waals surface area contributed by atoms with E-state index in [4.69, 9.17) is 16.0 Å². The fraction of sp³-hybridized carbons (Fsp3) is 0.111. The molecule has 0 aliphatic carbocycles. The van der Waals surface area contributed by atoms with Gasteiger partial charge >= 0.3 is 0 Å². The number of benzene rings is 2. The number of rotatable bonds is 3. The first-order valence-electron chi connectivity index (χ1n) is 7.07. The Hall–Kier alpha value is -2.59. The van der Waals surface area contributed by atoms with Gasteiger partial charge in [0.05, 0.1) is 5.39 Å². The van der Waals surface area contributed by atoms with E-state index >= 15 is 0 Å². The van der Waals surface area contributed by atoms with Crippen LogP contribution >= 0.6 is 11.6 Å². The molecule has 0 radical (unpaired) electrons. The average Bonchev–Trinajstić information content (AvgIpc) is 2.54. The zero-order valence-electron chi connectivity index (χ0n) is 12.5. The monoisotopic (exact) mass is 327 g/mol. The van der Waals surface area contributed by atoms with Crippen molar-refractivity contribution in [3.05, 3.63) is 81.2 Å². The Bertz CT molecular complexity index is 933. The molecule has 5 heteroatoms. The second-order valence-corrected chi connectivity index (χ2v) is 5.70. The summed E-state index contributed by atoms with van der Waals surface area (Å²) in [5, 5.41) is 1.07. The number of halogens is 1. The first kappa shape index (κ1) is 15.3. The van der Waals surface area contributed by atoms with Gasteiger partial charge in [0.25, 0.3) is 5.91 Å². The van der Waals surface area contributed by atoms with Crippen LogP contribution in [0.5, 0.6) is 0 Å². The fourth-order valence-corrected chi connectivity index (χ4v) is 2.59. The summed E-state index contributed by atoms with van der Waals surface area (Å²) in [6.45, 7) is 0.371. The Morgan fingerprint density at radius 2 is 1.91 bits per heavy atom. The van der Waals surface area contributed by atoms with Crippen LogP contribution in [0.2, 0.25) is 5.02 Å². The Kier molecular flexibility index (Phi) is 4.17. The minimum absolute atomic E-state index is 0.0261. The highest BCUT2D eigenvalue weighted by molar-refractivity contribution is 6.30. The number of carbonyl (C=O) groups excluding carboxylic acids is 1. The molecule has 0 saturated heterocycles. The third-order valence-electron chi connectivity index (χ3n) is 3.50. The number of hydrogen-bond acceptors (Lipinski definition) is 3. The van der Waals surface area contributed by atoms with Crippen molar-refractivity contribution < 1.29 is 9.21 Å². The van der Waals surface area contributed by atoms with Crippen LogP contribution in [0, 0.1) is 0 Å². The summed E-state index contributed by atoms with van der Waals surface area (Å²) in [7, 11) is 1.65. The highest BCUT2D eigenvalue weighted by Gasteiger charge is 2.17. The van der Waals surface area contributed by atoms with Gasteiger partial charge in [-0.05, 0) is 29.8 Å². The summed E-state index contributed by atoms with van der Waals surface area (Å²) in [6, 6.07) is 15.4. The van der Waals surface area contributed by atoms with E-state index in [2.05, 4.69) is 0 Å². The summed E-state index contributed by atoms with van der Waals surface area (Å²) in [6.07, 6.45) is 0. The van der Waals surface area contributed by atoms with Gasteiger partial charge in [-0.15, -0.1) is 0 Å². The minimum atomic E-state index is -0.354. The maximum atomic E-state index is 12.5.